The Morgan fingerprint density at radius 1 is 1.56 bits per heavy atom. The fourth-order valence-electron chi connectivity index (χ4n) is 2.30. The summed E-state index contributed by atoms with van der Waals surface area (Å²) >= 11 is 1.86. The molecule has 16 heavy (non-hydrogen) atoms. The Bertz CT molecular complexity index is 291. The second-order valence-corrected chi connectivity index (χ2v) is 5.77. The molecule has 2 rings (SSSR count). The van der Waals surface area contributed by atoms with E-state index in [1.165, 1.54) is 24.1 Å². The first-order chi connectivity index (χ1) is 7.85. The third kappa shape index (κ3) is 3.06. The second kappa shape index (κ2) is 5.80. The average Bonchev–Trinajstić information content (AvgIpc) is 2.91. The van der Waals surface area contributed by atoms with Gasteiger partial charge >= 0.3 is 0 Å². The molecule has 1 atom stereocenters. The maximum absolute atomic E-state index is 5.60. The van der Waals surface area contributed by atoms with Gasteiger partial charge < -0.3 is 10.1 Å². The first-order valence-corrected chi connectivity index (χ1v) is 7.03. The molecule has 0 spiro atoms. The Morgan fingerprint density at radius 3 is 3.12 bits per heavy atom. The van der Waals surface area contributed by atoms with Crippen LogP contribution >= 0.6 is 11.3 Å². The topological polar surface area (TPSA) is 21.3 Å². The minimum Gasteiger partial charge on any atom is -0.381 e. The Kier molecular flexibility index (Phi) is 4.38. The summed E-state index contributed by atoms with van der Waals surface area (Å²) in [6.07, 6.45) is 3.57. The van der Waals surface area contributed by atoms with E-state index in [4.69, 9.17) is 4.74 Å². The number of rotatable bonds is 6. The van der Waals surface area contributed by atoms with E-state index in [1.807, 2.05) is 11.3 Å². The van der Waals surface area contributed by atoms with Crippen LogP contribution in [-0.4, -0.2) is 26.3 Å². The fourth-order valence-corrected chi connectivity index (χ4v) is 3.18. The van der Waals surface area contributed by atoms with Crippen molar-refractivity contribution in [3.8, 4) is 0 Å². The fraction of sp³-hybridized carbons (Fsp3) is 0.692. The average molecular weight is 239 g/mol. The van der Waals surface area contributed by atoms with E-state index >= 15 is 0 Å². The van der Waals surface area contributed by atoms with Crippen LogP contribution in [0.3, 0.4) is 0 Å². The predicted molar refractivity (Wildman–Crippen MR) is 69.1 cm³/mol. The predicted octanol–water partition coefficient (Wildman–Crippen LogP) is 2.70. The Hall–Kier alpha value is -0.380. The molecule has 2 nitrogen and oxygen atoms in total. The minimum absolute atomic E-state index is 0.347. The van der Waals surface area contributed by atoms with Crippen LogP contribution in [0.15, 0.2) is 17.5 Å². The first-order valence-electron chi connectivity index (χ1n) is 6.15. The molecular weight excluding hydrogens is 218 g/mol. The Labute approximate surface area is 102 Å². The van der Waals surface area contributed by atoms with Crippen molar-refractivity contribution in [3.05, 3.63) is 22.4 Å². The van der Waals surface area contributed by atoms with Gasteiger partial charge in [-0.05, 0) is 37.3 Å². The van der Waals surface area contributed by atoms with Gasteiger partial charge in [-0.1, -0.05) is 13.0 Å². The quantitative estimate of drug-likeness (QED) is 0.771. The van der Waals surface area contributed by atoms with Crippen LogP contribution in [0.2, 0.25) is 0 Å². The molecule has 0 bridgehead atoms. The van der Waals surface area contributed by atoms with Crippen molar-refractivity contribution in [1.29, 1.82) is 0 Å². The van der Waals surface area contributed by atoms with Gasteiger partial charge in [-0.3, -0.25) is 0 Å². The van der Waals surface area contributed by atoms with Crippen molar-refractivity contribution >= 4 is 11.3 Å². The lowest BCUT2D eigenvalue weighted by Crippen LogP contribution is -2.36. The van der Waals surface area contributed by atoms with Crippen LogP contribution < -0.4 is 5.32 Å². The van der Waals surface area contributed by atoms with Gasteiger partial charge in [-0.25, -0.2) is 0 Å². The normalized spacial score (nSPS) is 25.1. The van der Waals surface area contributed by atoms with Gasteiger partial charge in [-0.15, -0.1) is 11.3 Å². The maximum atomic E-state index is 5.60. The highest BCUT2D eigenvalue weighted by atomic mass is 32.1. The molecule has 0 radical (unpaired) electrons. The summed E-state index contributed by atoms with van der Waals surface area (Å²) in [6, 6.07) is 4.38. The monoisotopic (exact) mass is 239 g/mol. The molecule has 1 saturated heterocycles. The molecule has 0 aromatic carbocycles. The van der Waals surface area contributed by atoms with Gasteiger partial charge in [0.1, 0.15) is 0 Å². The van der Waals surface area contributed by atoms with Crippen LogP contribution in [0.5, 0.6) is 0 Å². The summed E-state index contributed by atoms with van der Waals surface area (Å²) in [6.45, 7) is 6.27. The number of nitrogens with one attached hydrogen (secondary N) is 1. The van der Waals surface area contributed by atoms with Crippen molar-refractivity contribution in [3.63, 3.8) is 0 Å². The van der Waals surface area contributed by atoms with Gasteiger partial charge in [-0.2, -0.15) is 0 Å². The summed E-state index contributed by atoms with van der Waals surface area (Å²) in [4.78, 5) is 1.49. The SMILES string of the molecule is CCCNCC1(Cc2cccs2)CCOC1. The number of hydrogen-bond donors (Lipinski definition) is 1. The number of hydrogen-bond acceptors (Lipinski definition) is 3. The zero-order valence-corrected chi connectivity index (χ0v) is 10.8. The van der Waals surface area contributed by atoms with Gasteiger partial charge in [0, 0.05) is 23.4 Å². The molecule has 1 aliphatic rings. The van der Waals surface area contributed by atoms with Crippen molar-refractivity contribution in [2.24, 2.45) is 5.41 Å². The van der Waals surface area contributed by atoms with Crippen molar-refractivity contribution in [2.45, 2.75) is 26.2 Å². The van der Waals surface area contributed by atoms with E-state index < -0.39 is 0 Å². The van der Waals surface area contributed by atoms with E-state index in [0.29, 0.717) is 5.41 Å². The van der Waals surface area contributed by atoms with Crippen molar-refractivity contribution < 1.29 is 4.74 Å². The van der Waals surface area contributed by atoms with Crippen LogP contribution in [-0.2, 0) is 11.2 Å². The van der Waals surface area contributed by atoms with Crippen LogP contribution in [0.1, 0.15) is 24.6 Å². The summed E-state index contributed by atoms with van der Waals surface area (Å²) in [5, 5.41) is 5.72. The third-order valence-electron chi connectivity index (χ3n) is 3.24. The third-order valence-corrected chi connectivity index (χ3v) is 4.12. The molecule has 1 aliphatic heterocycles. The van der Waals surface area contributed by atoms with Crippen molar-refractivity contribution in [2.75, 3.05) is 26.3 Å². The molecule has 0 amide bonds. The highest BCUT2D eigenvalue weighted by Crippen LogP contribution is 2.33. The molecule has 0 aliphatic carbocycles. The number of thiophene rings is 1. The molecule has 1 aromatic heterocycles. The van der Waals surface area contributed by atoms with Crippen LogP contribution in [0.4, 0.5) is 0 Å². The molecular formula is C13H21NOS. The standard InChI is InChI=1S/C13H21NOS/c1-2-6-14-10-13(5-7-15-11-13)9-12-4-3-8-16-12/h3-4,8,14H,2,5-7,9-11H2,1H3. The Balaban J connectivity index is 1.92. The molecule has 1 aromatic rings. The Morgan fingerprint density at radius 2 is 2.50 bits per heavy atom. The van der Waals surface area contributed by atoms with Crippen LogP contribution in [0, 0.1) is 5.41 Å². The molecule has 1 fully saturated rings. The molecule has 1 unspecified atom stereocenters. The lowest BCUT2D eigenvalue weighted by molar-refractivity contribution is 0.150. The lowest BCUT2D eigenvalue weighted by Gasteiger charge is -2.27. The van der Waals surface area contributed by atoms with Gasteiger partial charge in [0.15, 0.2) is 0 Å². The summed E-state index contributed by atoms with van der Waals surface area (Å²) in [7, 11) is 0. The molecule has 2 heterocycles. The zero-order chi connectivity index (χ0) is 11.3. The zero-order valence-electron chi connectivity index (χ0n) is 10.00. The molecule has 90 valence electrons. The van der Waals surface area contributed by atoms with E-state index in [1.54, 1.807) is 0 Å². The molecule has 3 heteroatoms. The summed E-state index contributed by atoms with van der Waals surface area (Å²) in [5.41, 5.74) is 0.347. The minimum atomic E-state index is 0.347. The van der Waals surface area contributed by atoms with E-state index in [9.17, 15) is 0 Å². The van der Waals surface area contributed by atoms with E-state index in [-0.39, 0.29) is 0 Å². The van der Waals surface area contributed by atoms with E-state index in [2.05, 4.69) is 29.8 Å². The first kappa shape index (κ1) is 12.1. The largest absolute Gasteiger partial charge is 0.381 e. The molecule has 0 saturated carbocycles. The highest BCUT2D eigenvalue weighted by molar-refractivity contribution is 7.09. The van der Waals surface area contributed by atoms with Gasteiger partial charge in [0.05, 0.1) is 6.61 Å². The van der Waals surface area contributed by atoms with Crippen LogP contribution in [0.25, 0.3) is 0 Å². The lowest BCUT2D eigenvalue weighted by atomic mass is 9.83. The number of ether oxygens (including phenoxy) is 1. The maximum Gasteiger partial charge on any atom is 0.0538 e. The van der Waals surface area contributed by atoms with Gasteiger partial charge in [0.25, 0.3) is 0 Å². The van der Waals surface area contributed by atoms with Crippen molar-refractivity contribution in [1.82, 2.24) is 5.32 Å². The smallest absolute Gasteiger partial charge is 0.0538 e. The summed E-state index contributed by atoms with van der Waals surface area (Å²) in [5.74, 6) is 0. The molecule has 1 N–H and O–H groups in total. The van der Waals surface area contributed by atoms with Gasteiger partial charge in [0.2, 0.25) is 0 Å². The second-order valence-electron chi connectivity index (χ2n) is 4.74. The summed E-state index contributed by atoms with van der Waals surface area (Å²) < 4.78 is 5.60. The van der Waals surface area contributed by atoms with E-state index in [0.717, 1.165) is 26.3 Å². The highest BCUT2D eigenvalue weighted by Gasteiger charge is 2.34.